The summed E-state index contributed by atoms with van der Waals surface area (Å²) in [5, 5.41) is 9.27. The first-order valence-corrected chi connectivity index (χ1v) is 17.0. The third-order valence-electron chi connectivity index (χ3n) is 9.83. The molecule has 0 aliphatic heterocycles. The van der Waals surface area contributed by atoms with Crippen LogP contribution in [0.1, 0.15) is 0 Å². The predicted octanol–water partition coefficient (Wildman–Crippen LogP) is 13.2. The van der Waals surface area contributed by atoms with Crippen molar-refractivity contribution in [3.05, 3.63) is 182 Å². The fourth-order valence-corrected chi connectivity index (χ4v) is 7.41. The third kappa shape index (κ3) is 4.63. The summed E-state index contributed by atoms with van der Waals surface area (Å²) >= 11 is 0. The Morgan fingerprint density at radius 2 is 1.00 bits per heavy atom. The van der Waals surface area contributed by atoms with Gasteiger partial charge in [0.1, 0.15) is 5.52 Å². The largest absolute Gasteiger partial charge is 0.435 e. The molecule has 10 aromatic rings. The van der Waals surface area contributed by atoms with E-state index in [1.165, 1.54) is 21.9 Å². The molecule has 1 aromatic heterocycles. The maximum atomic E-state index is 6.59. The van der Waals surface area contributed by atoms with Gasteiger partial charge in [-0.05, 0) is 98.0 Å². The van der Waals surface area contributed by atoms with Crippen LogP contribution >= 0.6 is 0 Å². The molecule has 0 saturated heterocycles. The number of aromatic nitrogens is 1. The van der Waals surface area contributed by atoms with Gasteiger partial charge >= 0.3 is 0 Å². The summed E-state index contributed by atoms with van der Waals surface area (Å²) in [7, 11) is 0. The summed E-state index contributed by atoms with van der Waals surface area (Å²) in [4.78, 5) is 7.51. The van der Waals surface area contributed by atoms with Crippen molar-refractivity contribution >= 4 is 71.3 Å². The lowest BCUT2D eigenvalue weighted by molar-refractivity contribution is 0.623. The zero-order valence-corrected chi connectivity index (χ0v) is 27.1. The highest BCUT2D eigenvalue weighted by atomic mass is 16.3. The van der Waals surface area contributed by atoms with Gasteiger partial charge in [-0.1, -0.05) is 127 Å². The van der Waals surface area contributed by atoms with E-state index in [4.69, 9.17) is 9.40 Å². The van der Waals surface area contributed by atoms with E-state index in [2.05, 4.69) is 157 Å². The number of rotatable bonds is 5. The van der Waals surface area contributed by atoms with E-state index in [9.17, 15) is 0 Å². The molecule has 0 aliphatic carbocycles. The summed E-state index contributed by atoms with van der Waals surface area (Å²) in [6.45, 7) is 0. The fourth-order valence-electron chi connectivity index (χ4n) is 7.41. The van der Waals surface area contributed by atoms with Crippen LogP contribution in [0.25, 0.3) is 76.8 Å². The van der Waals surface area contributed by atoms with Crippen molar-refractivity contribution in [1.29, 1.82) is 0 Å². The zero-order chi connectivity index (χ0) is 33.0. The second-order valence-corrected chi connectivity index (χ2v) is 12.8. The molecule has 0 N–H and O–H groups in total. The molecule has 0 fully saturated rings. The van der Waals surface area contributed by atoms with E-state index in [1.54, 1.807) is 0 Å². The van der Waals surface area contributed by atoms with Crippen molar-refractivity contribution < 1.29 is 4.42 Å². The number of fused-ring (bicyclic) bond motifs is 9. The van der Waals surface area contributed by atoms with Gasteiger partial charge in [0.25, 0.3) is 0 Å². The van der Waals surface area contributed by atoms with Gasteiger partial charge in [-0.15, -0.1) is 0 Å². The van der Waals surface area contributed by atoms with E-state index in [0.717, 1.165) is 66.0 Å². The molecule has 0 bridgehead atoms. The maximum absolute atomic E-state index is 6.59. The summed E-state index contributed by atoms with van der Waals surface area (Å²) in [5.41, 5.74) is 8.30. The predicted molar refractivity (Wildman–Crippen MR) is 210 cm³/mol. The van der Waals surface area contributed by atoms with Gasteiger partial charge in [0, 0.05) is 33.4 Å². The molecule has 1 heterocycles. The number of para-hydroxylation sites is 1. The van der Waals surface area contributed by atoms with Gasteiger partial charge in [0.2, 0.25) is 5.89 Å². The van der Waals surface area contributed by atoms with Crippen LogP contribution in [0.15, 0.2) is 186 Å². The smallest absolute Gasteiger partial charge is 0.227 e. The van der Waals surface area contributed by atoms with Gasteiger partial charge in [-0.3, -0.25) is 0 Å². The van der Waals surface area contributed by atoms with Gasteiger partial charge in [0.05, 0.1) is 0 Å². The monoisotopic (exact) mass is 638 g/mol. The van der Waals surface area contributed by atoms with Crippen LogP contribution < -0.4 is 4.90 Å². The van der Waals surface area contributed by atoms with Gasteiger partial charge < -0.3 is 9.32 Å². The molecule has 234 valence electrons. The Morgan fingerprint density at radius 1 is 0.380 bits per heavy atom. The average molecular weight is 639 g/mol. The summed E-state index contributed by atoms with van der Waals surface area (Å²) in [5.74, 6) is 0.629. The Kier molecular flexibility index (Phi) is 6.49. The summed E-state index contributed by atoms with van der Waals surface area (Å²) in [6, 6.07) is 64.5. The van der Waals surface area contributed by atoms with Gasteiger partial charge in [0.15, 0.2) is 5.58 Å². The molecule has 50 heavy (non-hydrogen) atoms. The Hall–Kier alpha value is -6.71. The average Bonchev–Trinajstić information content (AvgIpc) is 3.65. The van der Waals surface area contributed by atoms with Crippen LogP contribution in [0.4, 0.5) is 17.1 Å². The van der Waals surface area contributed by atoms with Crippen LogP contribution in [-0.2, 0) is 0 Å². The maximum Gasteiger partial charge on any atom is 0.227 e. The van der Waals surface area contributed by atoms with E-state index < -0.39 is 0 Å². The van der Waals surface area contributed by atoms with Crippen molar-refractivity contribution in [2.45, 2.75) is 0 Å². The van der Waals surface area contributed by atoms with Crippen LogP contribution in [0.2, 0.25) is 0 Å². The van der Waals surface area contributed by atoms with E-state index in [0.29, 0.717) is 5.89 Å². The van der Waals surface area contributed by atoms with Crippen LogP contribution in [-0.4, -0.2) is 4.98 Å². The molecule has 0 saturated carbocycles. The quantitative estimate of drug-likeness (QED) is 0.176. The Bertz CT molecular complexity index is 2860. The van der Waals surface area contributed by atoms with Crippen molar-refractivity contribution in [3.63, 3.8) is 0 Å². The number of hydrogen-bond donors (Lipinski definition) is 0. The highest BCUT2D eigenvalue weighted by Gasteiger charge is 2.20. The van der Waals surface area contributed by atoms with Crippen LogP contribution in [0.3, 0.4) is 0 Å². The molecule has 10 rings (SSSR count). The van der Waals surface area contributed by atoms with Gasteiger partial charge in [-0.25, -0.2) is 4.98 Å². The fraction of sp³-hybridized carbons (Fsp3) is 0. The van der Waals surface area contributed by atoms with Crippen LogP contribution in [0, 0.1) is 0 Å². The molecule has 3 nitrogen and oxygen atoms in total. The molecule has 9 aromatic carbocycles. The van der Waals surface area contributed by atoms with Gasteiger partial charge in [-0.2, -0.15) is 0 Å². The van der Waals surface area contributed by atoms with Crippen molar-refractivity contribution in [2.75, 3.05) is 4.90 Å². The zero-order valence-electron chi connectivity index (χ0n) is 27.1. The molecular formula is C47H30N2O. The lowest BCUT2D eigenvalue weighted by Gasteiger charge is -2.26. The third-order valence-corrected chi connectivity index (χ3v) is 9.83. The molecule has 0 atom stereocenters. The highest BCUT2D eigenvalue weighted by Crippen LogP contribution is 2.43. The Labute approximate surface area is 289 Å². The van der Waals surface area contributed by atoms with E-state index in [1.807, 2.05) is 30.3 Å². The first-order chi connectivity index (χ1) is 24.8. The number of benzene rings is 9. The molecule has 0 unspecified atom stereocenters. The number of anilines is 3. The van der Waals surface area contributed by atoms with Crippen molar-refractivity contribution in [1.82, 2.24) is 4.98 Å². The summed E-state index contributed by atoms with van der Waals surface area (Å²) in [6.07, 6.45) is 0. The first-order valence-electron chi connectivity index (χ1n) is 17.0. The first kappa shape index (κ1) is 28.3. The number of oxazole rings is 1. The second-order valence-electron chi connectivity index (χ2n) is 12.8. The second kappa shape index (κ2) is 11.5. The lowest BCUT2D eigenvalue weighted by atomic mass is 9.95. The van der Waals surface area contributed by atoms with Crippen molar-refractivity contribution in [3.8, 4) is 22.6 Å². The number of nitrogens with zero attached hydrogens (tertiary/aromatic N) is 2. The van der Waals surface area contributed by atoms with Crippen molar-refractivity contribution in [2.24, 2.45) is 0 Å². The van der Waals surface area contributed by atoms with E-state index in [-0.39, 0.29) is 0 Å². The van der Waals surface area contributed by atoms with Crippen LogP contribution in [0.5, 0.6) is 0 Å². The Morgan fingerprint density at radius 3 is 1.82 bits per heavy atom. The minimum Gasteiger partial charge on any atom is -0.435 e. The minimum absolute atomic E-state index is 0.629. The normalized spacial score (nSPS) is 11.6. The Balaban J connectivity index is 1.17. The molecule has 0 radical (unpaired) electrons. The molecular weight excluding hydrogens is 609 g/mol. The highest BCUT2D eigenvalue weighted by molar-refractivity contribution is 6.29. The van der Waals surface area contributed by atoms with E-state index >= 15 is 0 Å². The standard InChI is InChI=1S/C47H30N2O/c1-3-12-34(13-4-1)47-48-45-44-41(40-17-9-10-18-42(40)46(45)50-47)28-24-33-23-27-39(30-43(33)44)49(37-15-5-2-6-16-37)38-25-21-32(22-26-38)36-20-19-31-11-7-8-14-35(31)29-36/h1-30H. The molecule has 3 heteroatoms. The molecule has 0 amide bonds. The lowest BCUT2D eigenvalue weighted by Crippen LogP contribution is -2.09. The minimum atomic E-state index is 0.629. The molecule has 0 spiro atoms. The topological polar surface area (TPSA) is 29.3 Å². The number of hydrogen-bond acceptors (Lipinski definition) is 3. The molecule has 0 aliphatic rings. The SMILES string of the molecule is c1ccc(-c2nc3c(o2)c2ccccc2c2ccc4ccc(N(c5ccccc5)c5ccc(-c6ccc7ccccc7c6)cc5)cc4c23)cc1. The summed E-state index contributed by atoms with van der Waals surface area (Å²) < 4.78 is 6.59.